The molecule has 0 aliphatic rings. The van der Waals surface area contributed by atoms with Crippen molar-refractivity contribution in [3.8, 4) is 0 Å². The van der Waals surface area contributed by atoms with Crippen LogP contribution in [-0.4, -0.2) is 37.2 Å². The number of ether oxygens (including phenoxy) is 3. The van der Waals surface area contributed by atoms with Crippen molar-refractivity contribution in [2.75, 3.05) is 13.2 Å². The lowest BCUT2D eigenvalue weighted by atomic mass is 10.1. The quantitative estimate of drug-likeness (QED) is 0.0261. The Kier molecular flexibility index (Phi) is 59.4. The first-order valence-electron chi connectivity index (χ1n) is 31.2. The Hall–Kier alpha value is -4.45. The van der Waals surface area contributed by atoms with Crippen LogP contribution in [0.15, 0.2) is 134 Å². The van der Waals surface area contributed by atoms with Crippen molar-refractivity contribution in [2.24, 2.45) is 0 Å². The normalized spacial score (nSPS) is 13.0. The maximum absolute atomic E-state index is 12.9. The van der Waals surface area contributed by atoms with Crippen LogP contribution in [0.4, 0.5) is 0 Å². The first-order valence-corrected chi connectivity index (χ1v) is 31.2. The first kappa shape index (κ1) is 71.5. The zero-order valence-corrected chi connectivity index (χ0v) is 49.2. The zero-order chi connectivity index (χ0) is 55.0. The van der Waals surface area contributed by atoms with Crippen molar-refractivity contribution in [2.45, 2.75) is 277 Å². The minimum Gasteiger partial charge on any atom is -0.462 e. The van der Waals surface area contributed by atoms with Crippen LogP contribution in [0.2, 0.25) is 0 Å². The maximum atomic E-state index is 12.9. The molecule has 430 valence electrons. The molecule has 1 unspecified atom stereocenters. The second kappa shape index (κ2) is 63.1. The Morgan fingerprint density at radius 3 is 0.895 bits per heavy atom. The molecule has 0 heterocycles. The monoisotopic (exact) mass is 1050 g/mol. The van der Waals surface area contributed by atoms with Crippen molar-refractivity contribution in [3.63, 3.8) is 0 Å². The predicted octanol–water partition coefficient (Wildman–Crippen LogP) is 21.4. The number of rotatable bonds is 55. The summed E-state index contributed by atoms with van der Waals surface area (Å²) < 4.78 is 16.9. The molecule has 0 fully saturated rings. The van der Waals surface area contributed by atoms with Crippen molar-refractivity contribution in [1.29, 1.82) is 0 Å². The van der Waals surface area contributed by atoms with Gasteiger partial charge in [-0.1, -0.05) is 251 Å². The van der Waals surface area contributed by atoms with Crippen molar-refractivity contribution in [1.82, 2.24) is 0 Å². The van der Waals surface area contributed by atoms with E-state index < -0.39 is 6.10 Å². The van der Waals surface area contributed by atoms with Gasteiger partial charge in [0.1, 0.15) is 13.2 Å². The van der Waals surface area contributed by atoms with E-state index in [9.17, 15) is 14.4 Å². The molecule has 0 spiro atoms. The number of carbonyl (C=O) groups is 3. The molecule has 0 aromatic rings. The van der Waals surface area contributed by atoms with Crippen LogP contribution in [0.25, 0.3) is 0 Å². The average molecular weight is 1050 g/mol. The molecule has 0 saturated carbocycles. The van der Waals surface area contributed by atoms with Gasteiger partial charge in [-0.2, -0.15) is 0 Å². The lowest BCUT2D eigenvalue weighted by Crippen LogP contribution is -2.30. The lowest BCUT2D eigenvalue weighted by molar-refractivity contribution is -0.167. The molecule has 0 saturated heterocycles. The fourth-order valence-corrected chi connectivity index (χ4v) is 8.20. The van der Waals surface area contributed by atoms with Crippen molar-refractivity contribution < 1.29 is 28.6 Å². The smallest absolute Gasteiger partial charge is 0.306 e. The molecule has 6 nitrogen and oxygen atoms in total. The number of hydrogen-bond donors (Lipinski definition) is 0. The van der Waals surface area contributed by atoms with Gasteiger partial charge in [-0.05, 0) is 135 Å². The molecular weight excluding hydrogens is 937 g/mol. The van der Waals surface area contributed by atoms with E-state index in [1.54, 1.807) is 0 Å². The third kappa shape index (κ3) is 60.4. The predicted molar refractivity (Wildman–Crippen MR) is 329 cm³/mol. The molecule has 0 aromatic heterocycles. The molecular formula is C70H114O6. The highest BCUT2D eigenvalue weighted by Crippen LogP contribution is 2.14. The standard InChI is InChI=1S/C70H114O6/c1-4-7-10-13-16-19-22-25-28-31-33-34-35-36-38-39-42-45-48-51-54-57-60-63-69(72)75-66-67(65-74-68(71)62-59-56-53-50-47-44-41-30-27-24-21-18-15-12-9-6-3)76-70(73)64-61-58-55-52-49-46-43-40-37-32-29-26-23-20-17-14-11-8-5-2/h7,10,16-17,19-20,25-26,28-30,33-34,36-38,40-42,45,51,54,67H,4-6,8-9,11-15,18,21-24,27,31-32,35,39,43-44,46-50,52-53,55-66H2,1-3H3/b10-7-,19-16-,20-17-,28-25-,29-26-,34-33-,38-36-,40-37-,41-30-,45-42-,54-51-. The number of carbonyl (C=O) groups excluding carboxylic acids is 3. The highest BCUT2D eigenvalue weighted by molar-refractivity contribution is 5.71. The van der Waals surface area contributed by atoms with Crippen LogP contribution in [-0.2, 0) is 28.6 Å². The third-order valence-electron chi connectivity index (χ3n) is 12.9. The number of hydrogen-bond acceptors (Lipinski definition) is 6. The van der Waals surface area contributed by atoms with Gasteiger partial charge in [-0.3, -0.25) is 14.4 Å². The Morgan fingerprint density at radius 2 is 0.526 bits per heavy atom. The summed E-state index contributed by atoms with van der Waals surface area (Å²) in [7, 11) is 0. The van der Waals surface area contributed by atoms with E-state index in [-0.39, 0.29) is 37.5 Å². The fourth-order valence-electron chi connectivity index (χ4n) is 8.20. The molecule has 0 rings (SSSR count). The summed E-state index contributed by atoms with van der Waals surface area (Å²) in [6.45, 7) is 6.43. The van der Waals surface area contributed by atoms with Crippen LogP contribution in [0, 0.1) is 0 Å². The first-order chi connectivity index (χ1) is 37.5. The number of esters is 3. The summed E-state index contributed by atoms with van der Waals surface area (Å²) in [5.74, 6) is -0.991. The van der Waals surface area contributed by atoms with Gasteiger partial charge in [-0.15, -0.1) is 0 Å². The van der Waals surface area contributed by atoms with E-state index in [2.05, 4.69) is 154 Å². The van der Waals surface area contributed by atoms with E-state index in [1.165, 1.54) is 96.3 Å². The molecule has 0 amide bonds. The summed E-state index contributed by atoms with van der Waals surface area (Å²) in [5.41, 5.74) is 0. The Labute approximate surface area is 468 Å². The van der Waals surface area contributed by atoms with Gasteiger partial charge < -0.3 is 14.2 Å². The zero-order valence-electron chi connectivity index (χ0n) is 49.2. The Bertz CT molecular complexity index is 1630. The van der Waals surface area contributed by atoms with E-state index >= 15 is 0 Å². The molecule has 6 heteroatoms. The van der Waals surface area contributed by atoms with Crippen LogP contribution >= 0.6 is 0 Å². The summed E-state index contributed by atoms with van der Waals surface area (Å²) in [4.78, 5) is 38.3. The van der Waals surface area contributed by atoms with Crippen LogP contribution in [0.5, 0.6) is 0 Å². The molecule has 0 N–H and O–H groups in total. The minimum absolute atomic E-state index is 0.109. The second-order valence-corrected chi connectivity index (χ2v) is 20.2. The van der Waals surface area contributed by atoms with Gasteiger partial charge >= 0.3 is 17.9 Å². The lowest BCUT2D eigenvalue weighted by Gasteiger charge is -2.18. The highest BCUT2D eigenvalue weighted by Gasteiger charge is 2.19. The molecule has 0 aromatic carbocycles. The van der Waals surface area contributed by atoms with E-state index in [1.807, 2.05) is 0 Å². The summed E-state index contributed by atoms with van der Waals surface area (Å²) in [5, 5.41) is 0. The number of unbranched alkanes of at least 4 members (excludes halogenated alkanes) is 22. The van der Waals surface area contributed by atoms with Gasteiger partial charge in [0, 0.05) is 19.3 Å². The molecule has 1 atom stereocenters. The summed E-state index contributed by atoms with van der Waals surface area (Å²) in [6, 6.07) is 0. The van der Waals surface area contributed by atoms with Gasteiger partial charge in [0.15, 0.2) is 6.10 Å². The van der Waals surface area contributed by atoms with Crippen molar-refractivity contribution in [3.05, 3.63) is 134 Å². The largest absolute Gasteiger partial charge is 0.462 e. The van der Waals surface area contributed by atoms with Gasteiger partial charge in [0.05, 0.1) is 0 Å². The van der Waals surface area contributed by atoms with Gasteiger partial charge in [-0.25, -0.2) is 0 Å². The van der Waals surface area contributed by atoms with Crippen LogP contribution < -0.4 is 0 Å². The SMILES string of the molecule is CC/C=C\C/C=C\C/C=C\C/C=C\C/C=C\C/C=C\C/C=C\CCCC(=O)OCC(COC(=O)CCCCCCC/C=C\CCCCCCCCC)OC(=O)CCCCCCCC/C=C\C/C=C\C/C=C\CCCCC. The molecule has 0 aliphatic heterocycles. The van der Waals surface area contributed by atoms with E-state index in [4.69, 9.17) is 14.2 Å². The van der Waals surface area contributed by atoms with Gasteiger partial charge in [0.25, 0.3) is 0 Å². The summed E-state index contributed by atoms with van der Waals surface area (Å²) in [6.07, 6.45) is 88.8. The fraction of sp³-hybridized carbons (Fsp3) is 0.643. The summed E-state index contributed by atoms with van der Waals surface area (Å²) >= 11 is 0. The third-order valence-corrected chi connectivity index (χ3v) is 12.9. The highest BCUT2D eigenvalue weighted by atomic mass is 16.6. The molecule has 76 heavy (non-hydrogen) atoms. The Balaban J connectivity index is 4.54. The van der Waals surface area contributed by atoms with Crippen LogP contribution in [0.3, 0.4) is 0 Å². The topological polar surface area (TPSA) is 78.9 Å². The van der Waals surface area contributed by atoms with Gasteiger partial charge in [0.2, 0.25) is 0 Å². The minimum atomic E-state index is -0.818. The average Bonchev–Trinajstić information content (AvgIpc) is 3.42. The Morgan fingerprint density at radius 1 is 0.276 bits per heavy atom. The van der Waals surface area contributed by atoms with Crippen LogP contribution in [0.1, 0.15) is 271 Å². The second-order valence-electron chi connectivity index (χ2n) is 20.2. The van der Waals surface area contributed by atoms with Crippen molar-refractivity contribution >= 4 is 17.9 Å². The maximum Gasteiger partial charge on any atom is 0.306 e. The number of allylic oxidation sites excluding steroid dienone is 22. The van der Waals surface area contributed by atoms with E-state index in [0.717, 1.165) is 128 Å². The molecule has 0 bridgehead atoms. The molecule has 0 radical (unpaired) electrons. The molecule has 0 aliphatic carbocycles. The van der Waals surface area contributed by atoms with E-state index in [0.29, 0.717) is 19.3 Å².